The van der Waals surface area contributed by atoms with E-state index in [0.717, 1.165) is 0 Å². The Morgan fingerprint density at radius 3 is 2.65 bits per heavy atom. The maximum absolute atomic E-state index is 12.5. The van der Waals surface area contributed by atoms with Crippen molar-refractivity contribution < 1.29 is 17.9 Å². The van der Waals surface area contributed by atoms with Gasteiger partial charge in [-0.05, 0) is 18.2 Å². The van der Waals surface area contributed by atoms with Crippen molar-refractivity contribution in [1.29, 1.82) is 0 Å². The minimum atomic E-state index is -3.81. The predicted molar refractivity (Wildman–Crippen MR) is 76.8 cm³/mol. The fourth-order valence-corrected chi connectivity index (χ4v) is 3.30. The maximum Gasteiger partial charge on any atom is 0.339 e. The van der Waals surface area contributed by atoms with Gasteiger partial charge in [-0.3, -0.25) is 0 Å². The minimum Gasteiger partial charge on any atom is -0.465 e. The second kappa shape index (κ2) is 6.53. The van der Waals surface area contributed by atoms with Crippen molar-refractivity contribution >= 4 is 21.7 Å². The Bertz CT molecular complexity index is 611. The number of carbonyl (C=O) groups is 1. The number of ether oxygens (including phenoxy) is 1. The molecule has 1 rings (SSSR count). The van der Waals surface area contributed by atoms with Crippen LogP contribution >= 0.6 is 0 Å². The van der Waals surface area contributed by atoms with Gasteiger partial charge in [0.1, 0.15) is 0 Å². The maximum atomic E-state index is 12.5. The smallest absolute Gasteiger partial charge is 0.339 e. The second-order valence-corrected chi connectivity index (χ2v) is 5.90. The van der Waals surface area contributed by atoms with Gasteiger partial charge in [-0.2, -0.15) is 4.31 Å². The Labute approximate surface area is 118 Å². The van der Waals surface area contributed by atoms with Gasteiger partial charge in [-0.15, -0.1) is 6.58 Å². The highest BCUT2D eigenvalue weighted by Gasteiger charge is 2.28. The molecular weight excluding hydrogens is 280 g/mol. The van der Waals surface area contributed by atoms with Crippen LogP contribution in [-0.2, 0) is 14.8 Å². The summed E-state index contributed by atoms with van der Waals surface area (Å²) in [7, 11) is -2.63. The van der Waals surface area contributed by atoms with Crippen molar-refractivity contribution in [2.75, 3.05) is 25.9 Å². The van der Waals surface area contributed by atoms with Crippen molar-refractivity contribution in [2.24, 2.45) is 0 Å². The van der Waals surface area contributed by atoms with Gasteiger partial charge in [-0.1, -0.05) is 13.0 Å². The third-order valence-electron chi connectivity index (χ3n) is 2.71. The number of esters is 1. The van der Waals surface area contributed by atoms with Crippen molar-refractivity contribution in [2.45, 2.75) is 11.8 Å². The molecule has 0 aromatic heterocycles. The lowest BCUT2D eigenvalue weighted by Gasteiger charge is -2.20. The van der Waals surface area contributed by atoms with Gasteiger partial charge >= 0.3 is 5.97 Å². The van der Waals surface area contributed by atoms with Crippen LogP contribution < -0.4 is 5.73 Å². The van der Waals surface area contributed by atoms with E-state index in [1.807, 2.05) is 0 Å². The van der Waals surface area contributed by atoms with Gasteiger partial charge in [0.15, 0.2) is 0 Å². The molecule has 110 valence electrons. The van der Waals surface area contributed by atoms with Crippen LogP contribution in [0.2, 0.25) is 0 Å². The molecule has 1 aromatic rings. The van der Waals surface area contributed by atoms with Gasteiger partial charge in [0, 0.05) is 18.8 Å². The van der Waals surface area contributed by atoms with Crippen molar-refractivity contribution in [3.8, 4) is 0 Å². The molecule has 0 atom stereocenters. The number of methoxy groups -OCH3 is 1. The van der Waals surface area contributed by atoms with E-state index in [9.17, 15) is 13.2 Å². The highest BCUT2D eigenvalue weighted by molar-refractivity contribution is 7.89. The molecule has 1 aromatic carbocycles. The number of hydrogen-bond donors (Lipinski definition) is 1. The van der Waals surface area contributed by atoms with Crippen LogP contribution in [0.4, 0.5) is 5.69 Å². The summed E-state index contributed by atoms with van der Waals surface area (Å²) >= 11 is 0. The van der Waals surface area contributed by atoms with Crippen molar-refractivity contribution in [3.63, 3.8) is 0 Å². The molecule has 7 heteroatoms. The lowest BCUT2D eigenvalue weighted by Crippen LogP contribution is -2.32. The lowest BCUT2D eigenvalue weighted by molar-refractivity contribution is 0.0596. The summed E-state index contributed by atoms with van der Waals surface area (Å²) in [5.41, 5.74) is 5.81. The number of sulfonamides is 1. The van der Waals surface area contributed by atoms with E-state index in [4.69, 9.17) is 5.73 Å². The Morgan fingerprint density at radius 2 is 2.15 bits per heavy atom. The molecule has 0 fully saturated rings. The van der Waals surface area contributed by atoms with E-state index in [2.05, 4.69) is 11.3 Å². The third-order valence-corrected chi connectivity index (χ3v) is 4.71. The monoisotopic (exact) mass is 298 g/mol. The van der Waals surface area contributed by atoms with Gasteiger partial charge in [0.25, 0.3) is 0 Å². The molecule has 20 heavy (non-hydrogen) atoms. The molecule has 6 nitrogen and oxygen atoms in total. The molecule has 0 bridgehead atoms. The molecule has 0 saturated heterocycles. The quantitative estimate of drug-likeness (QED) is 0.485. The van der Waals surface area contributed by atoms with Crippen LogP contribution in [0.1, 0.15) is 17.3 Å². The van der Waals surface area contributed by atoms with Crippen LogP contribution in [0.25, 0.3) is 0 Å². The number of nitrogen functional groups attached to an aromatic ring is 1. The lowest BCUT2D eigenvalue weighted by atomic mass is 10.2. The van der Waals surface area contributed by atoms with E-state index >= 15 is 0 Å². The summed E-state index contributed by atoms with van der Waals surface area (Å²) in [6.45, 7) is 5.65. The molecule has 0 aliphatic rings. The zero-order chi connectivity index (χ0) is 15.3. The zero-order valence-corrected chi connectivity index (χ0v) is 12.3. The SMILES string of the molecule is C=CCN(CC)S(=O)(=O)c1ccc(N)cc1C(=O)OC. The Balaban J connectivity index is 3.44. The molecule has 0 saturated carbocycles. The summed E-state index contributed by atoms with van der Waals surface area (Å²) in [4.78, 5) is 11.6. The highest BCUT2D eigenvalue weighted by Crippen LogP contribution is 2.23. The van der Waals surface area contributed by atoms with Gasteiger partial charge in [0.2, 0.25) is 10.0 Å². The number of carbonyl (C=O) groups excluding carboxylic acids is 1. The third kappa shape index (κ3) is 3.17. The topological polar surface area (TPSA) is 89.7 Å². The number of hydrogen-bond acceptors (Lipinski definition) is 5. The van der Waals surface area contributed by atoms with E-state index in [0.29, 0.717) is 0 Å². The average Bonchev–Trinajstić information content (AvgIpc) is 2.43. The molecule has 0 aliphatic carbocycles. The van der Waals surface area contributed by atoms with Gasteiger partial charge in [0.05, 0.1) is 17.6 Å². The first kappa shape index (κ1) is 16.2. The fourth-order valence-electron chi connectivity index (χ4n) is 1.72. The minimum absolute atomic E-state index is 0.0741. The van der Waals surface area contributed by atoms with Crippen molar-refractivity contribution in [1.82, 2.24) is 4.31 Å². The van der Waals surface area contributed by atoms with E-state index in [1.165, 1.54) is 35.7 Å². The molecule has 0 amide bonds. The Morgan fingerprint density at radius 1 is 1.50 bits per heavy atom. The summed E-state index contributed by atoms with van der Waals surface area (Å²) in [6, 6.07) is 4.03. The predicted octanol–water partition coefficient (Wildman–Crippen LogP) is 1.25. The first-order chi connectivity index (χ1) is 9.38. The van der Waals surface area contributed by atoms with Gasteiger partial charge < -0.3 is 10.5 Å². The van der Waals surface area contributed by atoms with Crippen LogP contribution in [0, 0.1) is 0 Å². The summed E-state index contributed by atoms with van der Waals surface area (Å²) in [5.74, 6) is -0.745. The molecule has 0 radical (unpaired) electrons. The molecular formula is C13H18N2O4S. The van der Waals surface area contributed by atoms with E-state index in [-0.39, 0.29) is 29.2 Å². The summed E-state index contributed by atoms with van der Waals surface area (Å²) in [5, 5.41) is 0. The van der Waals surface area contributed by atoms with Crippen molar-refractivity contribution in [3.05, 3.63) is 36.4 Å². The Hall–Kier alpha value is -1.86. The molecule has 0 unspecified atom stereocenters. The normalized spacial score (nSPS) is 11.3. The molecule has 2 N–H and O–H groups in total. The van der Waals surface area contributed by atoms with Gasteiger partial charge in [-0.25, -0.2) is 13.2 Å². The molecule has 0 aliphatic heterocycles. The Kier molecular flexibility index (Phi) is 5.29. The standard InChI is InChI=1S/C13H18N2O4S/c1-4-8-15(5-2)20(17,18)12-7-6-10(14)9-11(12)13(16)19-3/h4,6-7,9H,1,5,8,14H2,2-3H3. The van der Waals surface area contributed by atoms with E-state index < -0.39 is 16.0 Å². The zero-order valence-electron chi connectivity index (χ0n) is 11.5. The largest absolute Gasteiger partial charge is 0.465 e. The molecule has 0 heterocycles. The van der Waals surface area contributed by atoms with Crippen LogP contribution in [0.15, 0.2) is 35.7 Å². The van der Waals surface area contributed by atoms with Crippen LogP contribution in [-0.4, -0.2) is 38.9 Å². The number of likely N-dealkylation sites (N-methyl/N-ethyl adjacent to an activating group) is 1. The first-order valence-corrected chi connectivity index (χ1v) is 7.41. The van der Waals surface area contributed by atoms with E-state index in [1.54, 1.807) is 6.92 Å². The number of nitrogens with two attached hydrogens (primary N) is 1. The number of nitrogens with zero attached hydrogens (tertiary/aromatic N) is 1. The van der Waals surface area contributed by atoms with Crippen LogP contribution in [0.5, 0.6) is 0 Å². The molecule has 0 spiro atoms. The second-order valence-electron chi connectivity index (χ2n) is 3.99. The summed E-state index contributed by atoms with van der Waals surface area (Å²) in [6.07, 6.45) is 1.48. The number of rotatable bonds is 6. The fraction of sp³-hybridized carbons (Fsp3) is 0.308. The highest BCUT2D eigenvalue weighted by atomic mass is 32.2. The first-order valence-electron chi connectivity index (χ1n) is 5.97. The van der Waals surface area contributed by atoms with Crippen LogP contribution in [0.3, 0.4) is 0 Å². The average molecular weight is 298 g/mol. The number of anilines is 1. The summed E-state index contributed by atoms with van der Waals surface area (Å²) < 4.78 is 30.9. The number of benzene rings is 1.